The molecule has 2 aliphatic heterocycles. The van der Waals surface area contributed by atoms with Crippen molar-refractivity contribution in [1.82, 2.24) is 14.5 Å². The van der Waals surface area contributed by atoms with E-state index in [2.05, 4.69) is 10.2 Å². The van der Waals surface area contributed by atoms with Crippen LogP contribution < -0.4 is 5.32 Å². The van der Waals surface area contributed by atoms with Crippen molar-refractivity contribution < 1.29 is 17.9 Å². The van der Waals surface area contributed by atoms with Crippen LogP contribution in [0.4, 0.5) is 0 Å². The number of benzene rings is 1. The smallest absolute Gasteiger partial charge is 0.251 e. The lowest BCUT2D eigenvalue weighted by Gasteiger charge is -2.26. The molecule has 26 heavy (non-hydrogen) atoms. The normalized spacial score (nSPS) is 19.1. The fraction of sp³-hybridized carbons (Fsp3) is 0.588. The molecule has 146 valence electrons. The highest BCUT2D eigenvalue weighted by molar-refractivity contribution is 7.89. The fourth-order valence-electron chi connectivity index (χ4n) is 3.13. The van der Waals surface area contributed by atoms with E-state index in [-0.39, 0.29) is 23.2 Å². The van der Waals surface area contributed by atoms with E-state index in [1.807, 2.05) is 0 Å². The van der Waals surface area contributed by atoms with Crippen LogP contribution in [0.3, 0.4) is 0 Å². The van der Waals surface area contributed by atoms with Gasteiger partial charge in [0.05, 0.1) is 18.1 Å². The van der Waals surface area contributed by atoms with E-state index in [1.54, 1.807) is 18.2 Å². The molecule has 2 saturated heterocycles. The predicted molar refractivity (Wildman–Crippen MR) is 101 cm³/mol. The number of hydrogen-bond donors (Lipinski definition) is 1. The van der Waals surface area contributed by atoms with Crippen molar-refractivity contribution in [3.63, 3.8) is 0 Å². The molecule has 0 radical (unpaired) electrons. The summed E-state index contributed by atoms with van der Waals surface area (Å²) in [6.07, 6.45) is 1.78. The number of rotatable bonds is 6. The van der Waals surface area contributed by atoms with Crippen molar-refractivity contribution in [2.75, 3.05) is 52.5 Å². The number of carbonyl (C=O) groups excluding carboxylic acids is 1. The molecule has 0 spiro atoms. The van der Waals surface area contributed by atoms with Crippen LogP contribution in [-0.4, -0.2) is 76.0 Å². The molecule has 2 fully saturated rings. The van der Waals surface area contributed by atoms with E-state index < -0.39 is 10.0 Å². The van der Waals surface area contributed by atoms with Crippen LogP contribution in [0.5, 0.6) is 0 Å². The monoisotopic (exact) mass is 403 g/mol. The lowest BCUT2D eigenvalue weighted by atomic mass is 10.2. The first kappa shape index (κ1) is 21.1. The van der Waals surface area contributed by atoms with E-state index in [0.29, 0.717) is 25.2 Å². The highest BCUT2D eigenvalue weighted by Crippen LogP contribution is 2.21. The van der Waals surface area contributed by atoms with Crippen LogP contribution in [0, 0.1) is 0 Å². The molecule has 3 rings (SSSR count). The van der Waals surface area contributed by atoms with Crippen LogP contribution in [-0.2, 0) is 14.8 Å². The molecule has 9 heteroatoms. The molecule has 1 N–H and O–H groups in total. The SMILES string of the molecule is Cl.O=C(NCCN1CCOCC1)c1cccc(S(=O)(=O)N2CCCC2)c1. The van der Waals surface area contributed by atoms with Crippen molar-refractivity contribution >= 4 is 28.3 Å². The first-order valence-corrected chi connectivity index (χ1v) is 10.2. The van der Waals surface area contributed by atoms with Crippen molar-refractivity contribution in [2.24, 2.45) is 0 Å². The standard InChI is InChI=1S/C17H25N3O4S.ClH/c21-17(18-6-9-19-10-12-24-13-11-19)15-4-3-5-16(14-15)25(22,23)20-7-1-2-8-20;/h3-5,14H,1-2,6-13H2,(H,18,21);1H. The summed E-state index contributed by atoms with van der Waals surface area (Å²) < 4.78 is 32.0. The first-order valence-electron chi connectivity index (χ1n) is 8.76. The van der Waals surface area contributed by atoms with Gasteiger partial charge in [-0.15, -0.1) is 12.4 Å². The second-order valence-corrected chi connectivity index (χ2v) is 8.29. The molecule has 1 amide bonds. The Morgan fingerprint density at radius 1 is 1.12 bits per heavy atom. The zero-order valence-corrected chi connectivity index (χ0v) is 16.4. The van der Waals surface area contributed by atoms with Gasteiger partial charge < -0.3 is 10.1 Å². The maximum atomic E-state index is 12.6. The lowest BCUT2D eigenvalue weighted by molar-refractivity contribution is 0.0383. The summed E-state index contributed by atoms with van der Waals surface area (Å²) in [6.45, 7) is 5.60. The molecular formula is C17H26ClN3O4S. The van der Waals surface area contributed by atoms with Gasteiger partial charge in [0.2, 0.25) is 10.0 Å². The van der Waals surface area contributed by atoms with Gasteiger partial charge in [-0.1, -0.05) is 6.07 Å². The molecule has 1 aromatic carbocycles. The molecular weight excluding hydrogens is 378 g/mol. The van der Waals surface area contributed by atoms with Gasteiger partial charge in [0.1, 0.15) is 0 Å². The molecule has 0 bridgehead atoms. The van der Waals surface area contributed by atoms with Crippen LogP contribution in [0.25, 0.3) is 0 Å². The van der Waals surface area contributed by atoms with Gasteiger partial charge >= 0.3 is 0 Å². The van der Waals surface area contributed by atoms with Crippen LogP contribution in [0.15, 0.2) is 29.2 Å². The summed E-state index contributed by atoms with van der Waals surface area (Å²) in [5, 5.41) is 2.86. The van der Waals surface area contributed by atoms with E-state index >= 15 is 0 Å². The highest BCUT2D eigenvalue weighted by Gasteiger charge is 2.27. The average molecular weight is 404 g/mol. The maximum absolute atomic E-state index is 12.6. The number of ether oxygens (including phenoxy) is 1. The summed E-state index contributed by atoms with van der Waals surface area (Å²) in [6, 6.07) is 6.29. The Morgan fingerprint density at radius 3 is 2.50 bits per heavy atom. The Bertz CT molecular complexity index is 702. The third-order valence-electron chi connectivity index (χ3n) is 4.62. The number of hydrogen-bond acceptors (Lipinski definition) is 5. The van der Waals surface area contributed by atoms with E-state index in [4.69, 9.17) is 4.74 Å². The van der Waals surface area contributed by atoms with Gasteiger partial charge in [-0.05, 0) is 31.0 Å². The maximum Gasteiger partial charge on any atom is 0.251 e. The van der Waals surface area contributed by atoms with Gasteiger partial charge in [0.25, 0.3) is 5.91 Å². The molecule has 0 aromatic heterocycles. The van der Waals surface area contributed by atoms with Crippen molar-refractivity contribution in [3.8, 4) is 0 Å². The highest BCUT2D eigenvalue weighted by atomic mass is 35.5. The van der Waals surface area contributed by atoms with Crippen molar-refractivity contribution in [3.05, 3.63) is 29.8 Å². The first-order chi connectivity index (χ1) is 12.1. The summed E-state index contributed by atoms with van der Waals surface area (Å²) in [7, 11) is -3.50. The Kier molecular flexibility index (Phi) is 7.85. The van der Waals surface area contributed by atoms with E-state index in [9.17, 15) is 13.2 Å². The summed E-state index contributed by atoms with van der Waals surface area (Å²) >= 11 is 0. The number of halogens is 1. The second kappa shape index (κ2) is 9.66. The minimum absolute atomic E-state index is 0. The van der Waals surface area contributed by atoms with Crippen LogP contribution >= 0.6 is 12.4 Å². The van der Waals surface area contributed by atoms with Crippen LogP contribution in [0.1, 0.15) is 23.2 Å². The number of nitrogens with zero attached hydrogens (tertiary/aromatic N) is 2. The van der Waals surface area contributed by atoms with Gasteiger partial charge in [-0.3, -0.25) is 9.69 Å². The fourth-order valence-corrected chi connectivity index (χ4v) is 4.69. The summed E-state index contributed by atoms with van der Waals surface area (Å²) in [5.74, 6) is -0.244. The molecule has 2 aliphatic rings. The second-order valence-electron chi connectivity index (χ2n) is 6.35. The van der Waals surface area contributed by atoms with Gasteiger partial charge in [-0.2, -0.15) is 4.31 Å². The Balaban J connectivity index is 0.00000243. The van der Waals surface area contributed by atoms with Gasteiger partial charge in [0, 0.05) is 44.8 Å². The zero-order chi connectivity index (χ0) is 17.7. The Hall–Kier alpha value is -1.19. The Labute approximate surface area is 161 Å². The molecule has 1 aromatic rings. The van der Waals surface area contributed by atoms with Crippen molar-refractivity contribution in [1.29, 1.82) is 0 Å². The number of nitrogens with one attached hydrogen (secondary N) is 1. The quantitative estimate of drug-likeness (QED) is 0.765. The number of amides is 1. The van der Waals surface area contributed by atoms with E-state index in [1.165, 1.54) is 10.4 Å². The van der Waals surface area contributed by atoms with Crippen LogP contribution in [0.2, 0.25) is 0 Å². The third kappa shape index (κ3) is 5.17. The molecule has 0 aliphatic carbocycles. The van der Waals surface area contributed by atoms with Gasteiger partial charge in [0.15, 0.2) is 0 Å². The summed E-state index contributed by atoms with van der Waals surface area (Å²) in [5.41, 5.74) is 0.377. The zero-order valence-electron chi connectivity index (χ0n) is 14.7. The minimum atomic E-state index is -3.50. The predicted octanol–water partition coefficient (Wildman–Crippen LogP) is 0.955. The number of morpholine rings is 1. The Morgan fingerprint density at radius 2 is 1.81 bits per heavy atom. The largest absolute Gasteiger partial charge is 0.379 e. The average Bonchev–Trinajstić information content (AvgIpc) is 3.18. The molecule has 0 saturated carbocycles. The summed E-state index contributed by atoms with van der Waals surface area (Å²) in [4.78, 5) is 14.7. The minimum Gasteiger partial charge on any atom is -0.379 e. The number of carbonyl (C=O) groups is 1. The lowest BCUT2D eigenvalue weighted by Crippen LogP contribution is -2.41. The van der Waals surface area contributed by atoms with Gasteiger partial charge in [-0.25, -0.2) is 8.42 Å². The van der Waals surface area contributed by atoms with Crippen molar-refractivity contribution in [2.45, 2.75) is 17.7 Å². The van der Waals surface area contributed by atoms with E-state index in [0.717, 1.165) is 45.7 Å². The topological polar surface area (TPSA) is 79.0 Å². The molecule has 7 nitrogen and oxygen atoms in total. The number of sulfonamides is 1. The molecule has 0 atom stereocenters. The molecule has 2 heterocycles. The molecule has 0 unspecified atom stereocenters. The third-order valence-corrected chi connectivity index (χ3v) is 6.51.